The largest absolute Gasteiger partial charge is 0.496 e. The molecule has 2 rings (SSSR count). The lowest BCUT2D eigenvalue weighted by Crippen LogP contribution is -2.27. The molecule has 1 aromatic carbocycles. The number of hydrogen-bond donors (Lipinski definition) is 3. The number of halogens is 1. The van der Waals surface area contributed by atoms with Gasteiger partial charge in [0.05, 0.1) is 26.0 Å². The number of aliphatic hydroxyl groups excluding tert-OH is 1. The van der Waals surface area contributed by atoms with Crippen LogP contribution in [0.4, 0.5) is 16.3 Å². The van der Waals surface area contributed by atoms with Crippen molar-refractivity contribution in [1.82, 2.24) is 15.0 Å². The first-order valence-corrected chi connectivity index (χ1v) is 11.8. The second kappa shape index (κ2) is 10.7. The lowest BCUT2D eigenvalue weighted by atomic mass is 9.96. The Morgan fingerprint density at radius 1 is 1.16 bits per heavy atom. The monoisotopic (exact) mass is 455 g/mol. The van der Waals surface area contributed by atoms with Gasteiger partial charge < -0.3 is 15.2 Å². The van der Waals surface area contributed by atoms with Gasteiger partial charge in [-0.05, 0) is 29.9 Å². The SMILES string of the molecule is COc1cc(F)ccc1C(C)Cc1nc(NC(CO)CC(C)C)nc(NS(C)(=O)=O)n1. The molecule has 0 fully saturated rings. The third-order valence-electron chi connectivity index (χ3n) is 4.48. The van der Waals surface area contributed by atoms with Gasteiger partial charge in [-0.15, -0.1) is 0 Å². The molecule has 0 spiro atoms. The Labute approximate surface area is 182 Å². The van der Waals surface area contributed by atoms with Gasteiger partial charge in [-0.1, -0.05) is 26.8 Å². The minimum atomic E-state index is -3.60. The number of ether oxygens (including phenoxy) is 1. The molecule has 0 saturated heterocycles. The number of aromatic nitrogens is 3. The van der Waals surface area contributed by atoms with Crippen LogP contribution in [0, 0.1) is 11.7 Å². The van der Waals surface area contributed by atoms with E-state index in [1.807, 2.05) is 20.8 Å². The van der Waals surface area contributed by atoms with Gasteiger partial charge in [0.25, 0.3) is 0 Å². The average Bonchev–Trinajstić information content (AvgIpc) is 2.65. The van der Waals surface area contributed by atoms with E-state index in [4.69, 9.17) is 4.74 Å². The average molecular weight is 456 g/mol. The summed E-state index contributed by atoms with van der Waals surface area (Å²) in [6, 6.07) is 4.00. The number of aliphatic hydroxyl groups is 1. The van der Waals surface area contributed by atoms with Crippen LogP contribution >= 0.6 is 0 Å². The second-order valence-electron chi connectivity index (χ2n) is 7.92. The van der Waals surface area contributed by atoms with Crippen molar-refractivity contribution in [2.75, 3.05) is 30.0 Å². The van der Waals surface area contributed by atoms with Crippen LogP contribution in [0.1, 0.15) is 44.5 Å². The molecule has 0 amide bonds. The third kappa shape index (κ3) is 7.91. The van der Waals surface area contributed by atoms with Crippen molar-refractivity contribution < 1.29 is 22.7 Å². The summed E-state index contributed by atoms with van der Waals surface area (Å²) in [6.45, 7) is 5.83. The Balaban J connectivity index is 2.35. The molecule has 2 aromatic rings. The summed E-state index contributed by atoms with van der Waals surface area (Å²) in [7, 11) is -2.14. The standard InChI is InChI=1S/C20H30FN5O4S/c1-12(2)8-15(11-27)22-19-23-18(24-20(25-19)26-31(5,28)29)9-13(3)16-7-6-14(21)10-17(16)30-4/h6-7,10,12-13,15,27H,8-9,11H2,1-5H3,(H2,22,23,24,25,26). The molecule has 0 saturated carbocycles. The van der Waals surface area contributed by atoms with Gasteiger partial charge in [-0.2, -0.15) is 15.0 Å². The number of nitrogens with zero attached hydrogens (tertiary/aromatic N) is 3. The number of anilines is 2. The Kier molecular flexibility index (Phi) is 8.52. The third-order valence-corrected chi connectivity index (χ3v) is 5.04. The lowest BCUT2D eigenvalue weighted by molar-refractivity contribution is 0.259. The van der Waals surface area contributed by atoms with E-state index < -0.39 is 15.8 Å². The Hall–Kier alpha value is -2.53. The van der Waals surface area contributed by atoms with E-state index >= 15 is 0 Å². The molecule has 2 unspecified atom stereocenters. The number of hydrogen-bond acceptors (Lipinski definition) is 8. The maximum atomic E-state index is 13.5. The van der Waals surface area contributed by atoms with E-state index in [0.717, 1.165) is 11.8 Å². The number of benzene rings is 1. The number of rotatable bonds is 11. The van der Waals surface area contributed by atoms with Crippen molar-refractivity contribution in [2.24, 2.45) is 5.92 Å². The highest BCUT2D eigenvalue weighted by molar-refractivity contribution is 7.91. The predicted octanol–water partition coefficient (Wildman–Crippen LogP) is 2.56. The summed E-state index contributed by atoms with van der Waals surface area (Å²) >= 11 is 0. The van der Waals surface area contributed by atoms with Crippen LogP contribution in [0.5, 0.6) is 5.75 Å². The van der Waals surface area contributed by atoms with E-state index in [1.54, 1.807) is 6.07 Å². The quantitative estimate of drug-likeness (QED) is 0.472. The number of methoxy groups -OCH3 is 1. The first-order chi connectivity index (χ1) is 14.5. The summed E-state index contributed by atoms with van der Waals surface area (Å²) in [5, 5.41) is 12.7. The van der Waals surface area contributed by atoms with Crippen molar-refractivity contribution in [3.05, 3.63) is 35.4 Å². The maximum Gasteiger partial charge on any atom is 0.241 e. The normalized spacial score (nSPS) is 13.7. The van der Waals surface area contributed by atoms with E-state index in [-0.39, 0.29) is 30.5 Å². The molecule has 9 nitrogen and oxygen atoms in total. The van der Waals surface area contributed by atoms with Gasteiger partial charge >= 0.3 is 0 Å². The molecule has 11 heteroatoms. The minimum Gasteiger partial charge on any atom is -0.496 e. The molecular formula is C20H30FN5O4S. The van der Waals surface area contributed by atoms with Gasteiger partial charge in [0.15, 0.2) is 0 Å². The van der Waals surface area contributed by atoms with Gasteiger partial charge in [0.1, 0.15) is 17.4 Å². The zero-order valence-corrected chi connectivity index (χ0v) is 19.2. The molecule has 1 aromatic heterocycles. The molecule has 0 aliphatic rings. The van der Waals surface area contributed by atoms with E-state index in [1.165, 1.54) is 19.2 Å². The highest BCUT2D eigenvalue weighted by atomic mass is 32.2. The number of nitrogens with one attached hydrogen (secondary N) is 2. The fourth-order valence-corrected chi connectivity index (χ4v) is 3.62. The molecule has 31 heavy (non-hydrogen) atoms. The van der Waals surface area contributed by atoms with Gasteiger partial charge in [0, 0.05) is 12.5 Å². The Morgan fingerprint density at radius 3 is 2.42 bits per heavy atom. The Morgan fingerprint density at radius 2 is 1.84 bits per heavy atom. The van der Waals surface area contributed by atoms with Gasteiger partial charge in [0.2, 0.25) is 21.9 Å². The fourth-order valence-electron chi connectivity index (χ4n) is 3.19. The molecule has 1 heterocycles. The fraction of sp³-hybridized carbons (Fsp3) is 0.550. The molecule has 2 atom stereocenters. The topological polar surface area (TPSA) is 126 Å². The van der Waals surface area contributed by atoms with Crippen LogP contribution in [0.15, 0.2) is 18.2 Å². The van der Waals surface area contributed by atoms with E-state index in [0.29, 0.717) is 30.3 Å². The molecular weight excluding hydrogens is 425 g/mol. The molecule has 0 bridgehead atoms. The second-order valence-corrected chi connectivity index (χ2v) is 9.67. The highest BCUT2D eigenvalue weighted by Gasteiger charge is 2.18. The molecule has 0 radical (unpaired) electrons. The molecule has 0 aliphatic heterocycles. The van der Waals surface area contributed by atoms with Crippen molar-refractivity contribution in [2.45, 2.75) is 45.6 Å². The van der Waals surface area contributed by atoms with E-state index in [9.17, 15) is 17.9 Å². The first kappa shape index (κ1) is 24.7. The zero-order chi connectivity index (χ0) is 23.2. The van der Waals surface area contributed by atoms with Crippen molar-refractivity contribution in [1.29, 1.82) is 0 Å². The van der Waals surface area contributed by atoms with Crippen molar-refractivity contribution in [3.63, 3.8) is 0 Å². The van der Waals surface area contributed by atoms with Crippen LogP contribution in [0.25, 0.3) is 0 Å². The van der Waals surface area contributed by atoms with E-state index in [2.05, 4.69) is 25.0 Å². The van der Waals surface area contributed by atoms with Gasteiger partial charge in [-0.25, -0.2) is 12.8 Å². The Bertz CT molecular complexity index is 988. The summed E-state index contributed by atoms with van der Waals surface area (Å²) in [4.78, 5) is 12.8. The zero-order valence-electron chi connectivity index (χ0n) is 18.4. The van der Waals surface area contributed by atoms with Gasteiger partial charge in [-0.3, -0.25) is 4.72 Å². The van der Waals surface area contributed by atoms with Crippen LogP contribution in [0.2, 0.25) is 0 Å². The van der Waals surface area contributed by atoms with Crippen LogP contribution in [-0.4, -0.2) is 54.5 Å². The predicted molar refractivity (Wildman–Crippen MR) is 117 cm³/mol. The van der Waals surface area contributed by atoms with Crippen molar-refractivity contribution in [3.8, 4) is 5.75 Å². The smallest absolute Gasteiger partial charge is 0.241 e. The summed E-state index contributed by atoms with van der Waals surface area (Å²) in [5.41, 5.74) is 0.768. The summed E-state index contributed by atoms with van der Waals surface area (Å²) in [5.74, 6) is 0.560. The molecule has 172 valence electrons. The summed E-state index contributed by atoms with van der Waals surface area (Å²) in [6.07, 6.45) is 2.01. The van der Waals surface area contributed by atoms with Crippen LogP contribution in [0.3, 0.4) is 0 Å². The van der Waals surface area contributed by atoms with Crippen LogP contribution in [-0.2, 0) is 16.4 Å². The number of sulfonamides is 1. The maximum absolute atomic E-state index is 13.5. The first-order valence-electron chi connectivity index (χ1n) is 9.94. The summed E-state index contributed by atoms with van der Waals surface area (Å²) < 4.78 is 44.4. The van der Waals surface area contributed by atoms with Crippen molar-refractivity contribution >= 4 is 21.9 Å². The molecule has 3 N–H and O–H groups in total. The highest BCUT2D eigenvalue weighted by Crippen LogP contribution is 2.29. The molecule has 0 aliphatic carbocycles. The minimum absolute atomic E-state index is 0.116. The van der Waals surface area contributed by atoms with Crippen LogP contribution < -0.4 is 14.8 Å². The lowest BCUT2D eigenvalue weighted by Gasteiger charge is -2.19.